The summed E-state index contributed by atoms with van der Waals surface area (Å²) in [5.41, 5.74) is 0.415. The van der Waals surface area contributed by atoms with E-state index in [2.05, 4.69) is 5.32 Å². The van der Waals surface area contributed by atoms with Gasteiger partial charge in [0.05, 0.1) is 21.8 Å². The number of aromatic carboxylic acids is 1. The lowest BCUT2D eigenvalue weighted by Gasteiger charge is -2.10. The first-order chi connectivity index (χ1) is 9.90. The lowest BCUT2D eigenvalue weighted by molar-refractivity contribution is 0.0698. The van der Waals surface area contributed by atoms with Crippen LogP contribution < -0.4 is 5.32 Å². The monoisotopic (exact) mass is 307 g/mol. The average Bonchev–Trinajstić information content (AvgIpc) is 2.40. The predicted molar refractivity (Wildman–Crippen MR) is 77.5 cm³/mol. The number of carbonyl (C=O) groups is 2. The third-order valence-electron chi connectivity index (χ3n) is 2.84. The Morgan fingerprint density at radius 1 is 1.24 bits per heavy atom. The highest BCUT2D eigenvalue weighted by molar-refractivity contribution is 6.34. The van der Waals surface area contributed by atoms with Gasteiger partial charge in [0.2, 0.25) is 0 Å². The molecule has 0 spiro atoms. The zero-order valence-corrected chi connectivity index (χ0v) is 11.7. The largest absolute Gasteiger partial charge is 0.478 e. The van der Waals surface area contributed by atoms with Crippen LogP contribution >= 0.6 is 11.6 Å². The van der Waals surface area contributed by atoms with Crippen molar-refractivity contribution < 1.29 is 19.1 Å². The van der Waals surface area contributed by atoms with Crippen molar-refractivity contribution in [1.82, 2.24) is 0 Å². The molecule has 0 unspecified atom stereocenters. The Morgan fingerprint density at radius 2 is 1.95 bits per heavy atom. The number of carbonyl (C=O) groups excluding carboxylic acids is 1. The summed E-state index contributed by atoms with van der Waals surface area (Å²) in [5.74, 6) is -2.76. The fourth-order valence-electron chi connectivity index (χ4n) is 1.84. The average molecular weight is 308 g/mol. The van der Waals surface area contributed by atoms with Gasteiger partial charge >= 0.3 is 5.97 Å². The number of hydrogen-bond acceptors (Lipinski definition) is 2. The van der Waals surface area contributed by atoms with Gasteiger partial charge in [0.15, 0.2) is 0 Å². The molecule has 0 saturated heterocycles. The third kappa shape index (κ3) is 3.20. The summed E-state index contributed by atoms with van der Waals surface area (Å²) in [6.45, 7) is 1.73. The van der Waals surface area contributed by atoms with Crippen molar-refractivity contribution in [2.45, 2.75) is 6.92 Å². The first-order valence-corrected chi connectivity index (χ1v) is 6.37. The molecule has 0 fully saturated rings. The molecule has 6 heteroatoms. The molecular formula is C15H11ClFNO3. The van der Waals surface area contributed by atoms with E-state index in [1.165, 1.54) is 24.3 Å². The Bertz CT molecular complexity index is 711. The van der Waals surface area contributed by atoms with Gasteiger partial charge in [-0.15, -0.1) is 0 Å². The fraction of sp³-hybridized carbons (Fsp3) is 0.0667. The summed E-state index contributed by atoms with van der Waals surface area (Å²) in [5, 5.41) is 11.5. The summed E-state index contributed by atoms with van der Waals surface area (Å²) < 4.78 is 13.7. The molecule has 0 bridgehead atoms. The van der Waals surface area contributed by atoms with Gasteiger partial charge < -0.3 is 10.4 Å². The summed E-state index contributed by atoms with van der Waals surface area (Å²) in [7, 11) is 0. The Morgan fingerprint density at radius 3 is 2.57 bits per heavy atom. The maximum absolute atomic E-state index is 13.7. The molecule has 108 valence electrons. The molecule has 4 nitrogen and oxygen atoms in total. The van der Waals surface area contributed by atoms with Crippen LogP contribution in [0.2, 0.25) is 5.02 Å². The minimum Gasteiger partial charge on any atom is -0.478 e. The highest BCUT2D eigenvalue weighted by Gasteiger charge is 2.18. The maximum Gasteiger partial charge on any atom is 0.337 e. The van der Waals surface area contributed by atoms with Crippen LogP contribution in [0.25, 0.3) is 0 Å². The number of carboxylic acids is 1. The predicted octanol–water partition coefficient (Wildman–Crippen LogP) is 3.74. The molecular weight excluding hydrogens is 297 g/mol. The van der Waals surface area contributed by atoms with Gasteiger partial charge in [-0.2, -0.15) is 0 Å². The highest BCUT2D eigenvalue weighted by Crippen LogP contribution is 2.23. The second kappa shape index (κ2) is 5.93. The smallest absolute Gasteiger partial charge is 0.337 e. The van der Waals surface area contributed by atoms with E-state index in [1.54, 1.807) is 13.0 Å². The number of aryl methyl sites for hydroxylation is 1. The molecule has 0 saturated carbocycles. The van der Waals surface area contributed by atoms with Crippen molar-refractivity contribution in [3.63, 3.8) is 0 Å². The van der Waals surface area contributed by atoms with E-state index in [9.17, 15) is 14.0 Å². The second-order valence-corrected chi connectivity index (χ2v) is 4.81. The first-order valence-electron chi connectivity index (χ1n) is 5.99. The molecule has 0 heterocycles. The zero-order chi connectivity index (χ0) is 15.6. The van der Waals surface area contributed by atoms with E-state index < -0.39 is 17.7 Å². The first kappa shape index (κ1) is 15.0. The molecule has 0 aliphatic heterocycles. The van der Waals surface area contributed by atoms with Crippen molar-refractivity contribution in [2.24, 2.45) is 0 Å². The second-order valence-electron chi connectivity index (χ2n) is 4.40. The summed E-state index contributed by atoms with van der Waals surface area (Å²) in [6.07, 6.45) is 0. The fourth-order valence-corrected chi connectivity index (χ4v) is 2.09. The Hall–Kier alpha value is -2.40. The van der Waals surface area contributed by atoms with Crippen molar-refractivity contribution in [3.8, 4) is 0 Å². The number of hydrogen-bond donors (Lipinski definition) is 2. The third-order valence-corrected chi connectivity index (χ3v) is 3.16. The normalized spacial score (nSPS) is 10.2. The van der Waals surface area contributed by atoms with E-state index in [1.807, 2.05) is 0 Å². The van der Waals surface area contributed by atoms with Crippen LogP contribution in [0.4, 0.5) is 10.1 Å². The number of amides is 1. The van der Waals surface area contributed by atoms with E-state index in [0.29, 0.717) is 0 Å². The highest BCUT2D eigenvalue weighted by atomic mass is 35.5. The molecule has 2 aromatic carbocycles. The van der Waals surface area contributed by atoms with E-state index >= 15 is 0 Å². The minimum atomic E-state index is -1.19. The van der Waals surface area contributed by atoms with Gasteiger partial charge in [-0.1, -0.05) is 29.3 Å². The molecule has 0 atom stereocenters. The van der Waals surface area contributed by atoms with Crippen LogP contribution in [0.1, 0.15) is 26.3 Å². The van der Waals surface area contributed by atoms with Crippen LogP contribution in [0.5, 0.6) is 0 Å². The summed E-state index contributed by atoms with van der Waals surface area (Å²) in [4.78, 5) is 23.3. The molecule has 0 aliphatic rings. The van der Waals surface area contributed by atoms with Gasteiger partial charge in [0.25, 0.3) is 5.91 Å². The number of anilines is 1. The number of benzene rings is 2. The van der Waals surface area contributed by atoms with Crippen molar-refractivity contribution in [2.75, 3.05) is 5.32 Å². The number of rotatable bonds is 3. The van der Waals surface area contributed by atoms with Crippen LogP contribution in [-0.2, 0) is 0 Å². The van der Waals surface area contributed by atoms with Crippen molar-refractivity contribution >= 4 is 29.2 Å². The Balaban J connectivity index is 2.39. The Kier molecular flexibility index (Phi) is 4.23. The molecule has 1 amide bonds. The molecule has 2 rings (SSSR count). The van der Waals surface area contributed by atoms with Crippen LogP contribution in [0.3, 0.4) is 0 Å². The summed E-state index contributed by atoms with van der Waals surface area (Å²) in [6, 6.07) is 8.38. The topological polar surface area (TPSA) is 66.4 Å². The Labute approximate surface area is 125 Å². The zero-order valence-electron chi connectivity index (χ0n) is 11.0. The van der Waals surface area contributed by atoms with Gasteiger partial charge in [-0.05, 0) is 31.2 Å². The molecule has 0 aliphatic carbocycles. The van der Waals surface area contributed by atoms with Gasteiger partial charge in [-0.25, -0.2) is 9.18 Å². The lowest BCUT2D eigenvalue weighted by Crippen LogP contribution is -2.16. The van der Waals surface area contributed by atoms with Crippen molar-refractivity contribution in [3.05, 3.63) is 63.9 Å². The molecule has 21 heavy (non-hydrogen) atoms. The van der Waals surface area contributed by atoms with Crippen LogP contribution in [0, 0.1) is 12.7 Å². The minimum absolute atomic E-state index is 0.0449. The van der Waals surface area contributed by atoms with E-state index in [0.717, 1.165) is 11.6 Å². The summed E-state index contributed by atoms with van der Waals surface area (Å²) >= 11 is 5.80. The number of carboxylic acid groups (broad SMARTS) is 1. The quantitative estimate of drug-likeness (QED) is 0.907. The van der Waals surface area contributed by atoms with Gasteiger partial charge in [0, 0.05) is 0 Å². The standard InChI is InChI=1S/C15H11ClFNO3/c1-8-5-6-12(9(7-8)15(20)21)18-14(19)13-10(16)3-2-4-11(13)17/h2-7H,1H3,(H,18,19)(H,20,21). The molecule has 0 radical (unpaired) electrons. The SMILES string of the molecule is Cc1ccc(NC(=O)c2c(F)cccc2Cl)c(C(=O)O)c1. The van der Waals surface area contributed by atoms with Crippen molar-refractivity contribution in [1.29, 1.82) is 0 Å². The van der Waals surface area contributed by atoms with Gasteiger partial charge in [0.1, 0.15) is 5.82 Å². The lowest BCUT2D eigenvalue weighted by atomic mass is 10.1. The van der Waals surface area contributed by atoms with Crippen LogP contribution in [-0.4, -0.2) is 17.0 Å². The van der Waals surface area contributed by atoms with E-state index in [-0.39, 0.29) is 21.8 Å². The number of halogens is 2. The number of nitrogens with one attached hydrogen (secondary N) is 1. The molecule has 0 aromatic heterocycles. The van der Waals surface area contributed by atoms with E-state index in [4.69, 9.17) is 16.7 Å². The maximum atomic E-state index is 13.7. The molecule has 2 N–H and O–H groups in total. The van der Waals surface area contributed by atoms with Crippen LogP contribution in [0.15, 0.2) is 36.4 Å². The molecule has 2 aromatic rings. The van der Waals surface area contributed by atoms with Gasteiger partial charge in [-0.3, -0.25) is 4.79 Å².